The molecule has 0 amide bonds. The molecule has 1 N–H and O–H groups in total. The fourth-order valence-electron chi connectivity index (χ4n) is 1.50. The molecular formula is C12H19FN2O2. The molecule has 0 aliphatic heterocycles. The van der Waals surface area contributed by atoms with Crippen molar-refractivity contribution in [2.75, 3.05) is 26.2 Å². The van der Waals surface area contributed by atoms with Crippen LogP contribution < -0.4 is 4.74 Å². The molecule has 0 unspecified atom stereocenters. The molecule has 0 fully saturated rings. The fraction of sp³-hybridized carbons (Fsp3) is 0.583. The standard InChI is InChI=1S/C12H19FN2O2/c1-3-15(4-2)7-8-17-12-11(13)10(9-16)5-6-14-12/h5-6,16H,3-4,7-9H2,1-2H3. The lowest BCUT2D eigenvalue weighted by molar-refractivity contribution is 0.209. The van der Waals surface area contributed by atoms with Crippen molar-refractivity contribution in [1.29, 1.82) is 0 Å². The van der Waals surface area contributed by atoms with Crippen LogP contribution in [0.4, 0.5) is 4.39 Å². The minimum absolute atomic E-state index is 0.0382. The lowest BCUT2D eigenvalue weighted by atomic mass is 10.3. The topological polar surface area (TPSA) is 45.6 Å². The van der Waals surface area contributed by atoms with Crippen LogP contribution in [0.1, 0.15) is 19.4 Å². The van der Waals surface area contributed by atoms with Gasteiger partial charge >= 0.3 is 0 Å². The molecule has 0 bridgehead atoms. The molecule has 17 heavy (non-hydrogen) atoms. The Morgan fingerprint density at radius 2 is 2.12 bits per heavy atom. The molecule has 1 aromatic rings. The summed E-state index contributed by atoms with van der Waals surface area (Å²) < 4.78 is 18.9. The monoisotopic (exact) mass is 242 g/mol. The van der Waals surface area contributed by atoms with Crippen LogP contribution in [0.3, 0.4) is 0 Å². The number of rotatable bonds is 7. The molecule has 96 valence electrons. The number of pyridine rings is 1. The summed E-state index contributed by atoms with van der Waals surface area (Å²) in [5.41, 5.74) is 0.206. The number of aliphatic hydroxyl groups excluding tert-OH is 1. The van der Waals surface area contributed by atoms with Crippen molar-refractivity contribution in [3.8, 4) is 5.88 Å². The number of aromatic nitrogens is 1. The molecule has 1 rings (SSSR count). The van der Waals surface area contributed by atoms with Crippen LogP contribution in [0.25, 0.3) is 0 Å². The van der Waals surface area contributed by atoms with Gasteiger partial charge in [0, 0.05) is 18.3 Å². The Morgan fingerprint density at radius 1 is 1.41 bits per heavy atom. The van der Waals surface area contributed by atoms with E-state index in [0.29, 0.717) is 6.61 Å². The molecule has 0 aromatic carbocycles. The molecule has 0 atom stereocenters. The van der Waals surface area contributed by atoms with E-state index in [1.165, 1.54) is 12.3 Å². The molecule has 4 nitrogen and oxygen atoms in total. The van der Waals surface area contributed by atoms with Crippen molar-refractivity contribution in [2.24, 2.45) is 0 Å². The van der Waals surface area contributed by atoms with Crippen LogP contribution >= 0.6 is 0 Å². The van der Waals surface area contributed by atoms with E-state index < -0.39 is 5.82 Å². The van der Waals surface area contributed by atoms with E-state index in [0.717, 1.165) is 19.6 Å². The first-order valence-electron chi connectivity index (χ1n) is 5.82. The van der Waals surface area contributed by atoms with Crippen LogP contribution in [0.2, 0.25) is 0 Å². The first kappa shape index (κ1) is 13.9. The Kier molecular flexibility index (Phi) is 5.86. The van der Waals surface area contributed by atoms with E-state index >= 15 is 0 Å². The molecule has 0 saturated carbocycles. The van der Waals surface area contributed by atoms with Gasteiger partial charge < -0.3 is 14.7 Å². The summed E-state index contributed by atoms with van der Waals surface area (Å²) in [5.74, 6) is -0.613. The van der Waals surface area contributed by atoms with Gasteiger partial charge in [-0.05, 0) is 19.2 Å². The van der Waals surface area contributed by atoms with Crippen LogP contribution in [-0.2, 0) is 6.61 Å². The van der Waals surface area contributed by atoms with E-state index in [4.69, 9.17) is 9.84 Å². The minimum Gasteiger partial charge on any atom is -0.474 e. The third kappa shape index (κ3) is 3.94. The van der Waals surface area contributed by atoms with Crippen LogP contribution in [0.15, 0.2) is 12.3 Å². The summed E-state index contributed by atoms with van der Waals surface area (Å²) in [6.45, 7) is 6.78. The van der Waals surface area contributed by atoms with E-state index in [2.05, 4.69) is 23.7 Å². The average molecular weight is 242 g/mol. The van der Waals surface area contributed by atoms with Crippen molar-refractivity contribution in [2.45, 2.75) is 20.5 Å². The normalized spacial score (nSPS) is 10.9. The maximum Gasteiger partial charge on any atom is 0.250 e. The van der Waals surface area contributed by atoms with Crippen molar-refractivity contribution < 1.29 is 14.2 Å². The maximum atomic E-state index is 13.6. The fourth-order valence-corrected chi connectivity index (χ4v) is 1.50. The van der Waals surface area contributed by atoms with Gasteiger partial charge in [-0.15, -0.1) is 0 Å². The summed E-state index contributed by atoms with van der Waals surface area (Å²) in [7, 11) is 0. The number of hydrogen-bond acceptors (Lipinski definition) is 4. The number of likely N-dealkylation sites (N-methyl/N-ethyl adjacent to an activating group) is 1. The predicted molar refractivity (Wildman–Crippen MR) is 63.4 cm³/mol. The lowest BCUT2D eigenvalue weighted by Gasteiger charge is -2.17. The Bertz CT molecular complexity index is 343. The zero-order valence-corrected chi connectivity index (χ0v) is 10.3. The van der Waals surface area contributed by atoms with E-state index in [-0.39, 0.29) is 18.1 Å². The first-order valence-corrected chi connectivity index (χ1v) is 5.82. The van der Waals surface area contributed by atoms with Crippen molar-refractivity contribution in [3.05, 3.63) is 23.6 Å². The quantitative estimate of drug-likeness (QED) is 0.785. The summed E-state index contributed by atoms with van der Waals surface area (Å²) in [5, 5.41) is 8.90. The highest BCUT2D eigenvalue weighted by Gasteiger charge is 2.10. The van der Waals surface area contributed by atoms with Crippen LogP contribution in [0, 0.1) is 5.82 Å². The Balaban J connectivity index is 2.52. The molecule has 0 aliphatic rings. The summed E-state index contributed by atoms with van der Waals surface area (Å²) in [6, 6.07) is 1.44. The maximum absolute atomic E-state index is 13.6. The molecule has 1 heterocycles. The summed E-state index contributed by atoms with van der Waals surface area (Å²) in [4.78, 5) is 5.98. The number of hydrogen-bond donors (Lipinski definition) is 1. The minimum atomic E-state index is -0.574. The predicted octanol–water partition coefficient (Wildman–Crippen LogP) is 1.43. The highest BCUT2D eigenvalue weighted by Crippen LogP contribution is 2.16. The third-order valence-corrected chi connectivity index (χ3v) is 2.65. The highest BCUT2D eigenvalue weighted by molar-refractivity contribution is 5.22. The van der Waals surface area contributed by atoms with Gasteiger partial charge in [-0.25, -0.2) is 9.37 Å². The van der Waals surface area contributed by atoms with Gasteiger partial charge in [0.15, 0.2) is 5.82 Å². The second-order valence-corrected chi connectivity index (χ2v) is 3.62. The lowest BCUT2D eigenvalue weighted by Crippen LogP contribution is -2.28. The number of halogens is 1. The summed E-state index contributed by atoms with van der Waals surface area (Å²) in [6.07, 6.45) is 1.43. The highest BCUT2D eigenvalue weighted by atomic mass is 19.1. The molecule has 0 radical (unpaired) electrons. The van der Waals surface area contributed by atoms with Gasteiger partial charge in [0.2, 0.25) is 0 Å². The Labute approximate surface area is 101 Å². The number of nitrogens with zero attached hydrogens (tertiary/aromatic N) is 2. The smallest absolute Gasteiger partial charge is 0.250 e. The molecule has 1 aromatic heterocycles. The number of ether oxygens (including phenoxy) is 1. The van der Waals surface area contributed by atoms with Gasteiger partial charge in [0.05, 0.1) is 6.61 Å². The first-order chi connectivity index (χ1) is 8.22. The van der Waals surface area contributed by atoms with Crippen LogP contribution in [0.5, 0.6) is 5.88 Å². The molecule has 0 saturated heterocycles. The number of aliphatic hydroxyl groups is 1. The molecular weight excluding hydrogens is 223 g/mol. The zero-order chi connectivity index (χ0) is 12.7. The zero-order valence-electron chi connectivity index (χ0n) is 10.3. The van der Waals surface area contributed by atoms with Gasteiger partial charge in [-0.2, -0.15) is 0 Å². The van der Waals surface area contributed by atoms with Gasteiger partial charge in [0.1, 0.15) is 6.61 Å². The largest absolute Gasteiger partial charge is 0.474 e. The Morgan fingerprint density at radius 3 is 2.71 bits per heavy atom. The van der Waals surface area contributed by atoms with Gasteiger partial charge in [-0.3, -0.25) is 0 Å². The van der Waals surface area contributed by atoms with E-state index in [1.54, 1.807) is 0 Å². The Hall–Kier alpha value is -1.20. The molecule has 5 heteroatoms. The third-order valence-electron chi connectivity index (χ3n) is 2.65. The molecule has 0 aliphatic carbocycles. The molecule has 0 spiro atoms. The van der Waals surface area contributed by atoms with Crippen molar-refractivity contribution in [3.63, 3.8) is 0 Å². The van der Waals surface area contributed by atoms with Crippen molar-refractivity contribution >= 4 is 0 Å². The van der Waals surface area contributed by atoms with Crippen LogP contribution in [-0.4, -0.2) is 41.2 Å². The second kappa shape index (κ2) is 7.19. The van der Waals surface area contributed by atoms with Gasteiger partial charge in [0.25, 0.3) is 5.88 Å². The van der Waals surface area contributed by atoms with Crippen molar-refractivity contribution in [1.82, 2.24) is 9.88 Å². The SMILES string of the molecule is CCN(CC)CCOc1nccc(CO)c1F. The van der Waals surface area contributed by atoms with Gasteiger partial charge in [-0.1, -0.05) is 13.8 Å². The van der Waals surface area contributed by atoms with E-state index in [9.17, 15) is 4.39 Å². The average Bonchev–Trinajstić information content (AvgIpc) is 2.36. The summed E-state index contributed by atoms with van der Waals surface area (Å²) >= 11 is 0. The van der Waals surface area contributed by atoms with E-state index in [1.807, 2.05) is 0 Å². The second-order valence-electron chi connectivity index (χ2n) is 3.62.